The average Bonchev–Trinajstić information content (AvgIpc) is 3.19. The van der Waals surface area contributed by atoms with Gasteiger partial charge in [0, 0.05) is 11.6 Å². The predicted molar refractivity (Wildman–Crippen MR) is 92.9 cm³/mol. The SMILES string of the molecule is CCCCC(CCCC)(C1CCCN1CC)N1CCCC1. The second-order valence-electron chi connectivity index (χ2n) is 7.29. The highest BCUT2D eigenvalue weighted by molar-refractivity contribution is 5.04. The lowest BCUT2D eigenvalue weighted by molar-refractivity contribution is 0.0104. The van der Waals surface area contributed by atoms with Gasteiger partial charge in [-0.15, -0.1) is 0 Å². The predicted octanol–water partition coefficient (Wildman–Crippen LogP) is 4.69. The third-order valence-electron chi connectivity index (χ3n) is 6.05. The highest BCUT2D eigenvalue weighted by Gasteiger charge is 2.47. The summed E-state index contributed by atoms with van der Waals surface area (Å²) in [6, 6.07) is 0.832. The van der Waals surface area contributed by atoms with Gasteiger partial charge in [0.1, 0.15) is 0 Å². The lowest BCUT2D eigenvalue weighted by atomic mass is 9.77. The molecule has 0 radical (unpaired) electrons. The van der Waals surface area contributed by atoms with Crippen molar-refractivity contribution in [3.8, 4) is 0 Å². The zero-order valence-corrected chi connectivity index (χ0v) is 14.9. The van der Waals surface area contributed by atoms with Gasteiger partial charge in [-0.05, 0) is 64.7 Å². The first-order valence-electron chi connectivity index (χ1n) is 9.77. The van der Waals surface area contributed by atoms with Crippen LogP contribution in [0.1, 0.15) is 85.0 Å². The van der Waals surface area contributed by atoms with Gasteiger partial charge in [0.15, 0.2) is 0 Å². The topological polar surface area (TPSA) is 6.48 Å². The molecule has 2 heterocycles. The summed E-state index contributed by atoms with van der Waals surface area (Å²) >= 11 is 0. The van der Waals surface area contributed by atoms with Crippen LogP contribution in [0, 0.1) is 0 Å². The summed E-state index contributed by atoms with van der Waals surface area (Å²) in [5, 5.41) is 0. The third kappa shape index (κ3) is 3.82. The fourth-order valence-electron chi connectivity index (χ4n) is 4.93. The molecule has 0 aromatic carbocycles. The third-order valence-corrected chi connectivity index (χ3v) is 6.05. The first kappa shape index (κ1) is 17.3. The van der Waals surface area contributed by atoms with Crippen molar-refractivity contribution in [1.29, 1.82) is 0 Å². The van der Waals surface area contributed by atoms with E-state index >= 15 is 0 Å². The first-order chi connectivity index (χ1) is 10.3. The summed E-state index contributed by atoms with van der Waals surface area (Å²) in [6.45, 7) is 12.4. The highest BCUT2D eigenvalue weighted by atomic mass is 15.3. The molecular formula is C19H38N2. The van der Waals surface area contributed by atoms with E-state index in [2.05, 4.69) is 30.6 Å². The monoisotopic (exact) mass is 294 g/mol. The van der Waals surface area contributed by atoms with Crippen LogP contribution in [0.2, 0.25) is 0 Å². The lowest BCUT2D eigenvalue weighted by Crippen LogP contribution is -2.59. The van der Waals surface area contributed by atoms with Gasteiger partial charge < -0.3 is 0 Å². The molecule has 1 unspecified atom stereocenters. The van der Waals surface area contributed by atoms with E-state index in [1.165, 1.54) is 90.4 Å². The highest BCUT2D eigenvalue weighted by Crippen LogP contribution is 2.41. The van der Waals surface area contributed by atoms with Crippen LogP contribution < -0.4 is 0 Å². The molecule has 2 aliphatic heterocycles. The summed E-state index contributed by atoms with van der Waals surface area (Å²) in [5.74, 6) is 0. The Hall–Kier alpha value is -0.0800. The van der Waals surface area contributed by atoms with Crippen LogP contribution in [0.15, 0.2) is 0 Å². The summed E-state index contributed by atoms with van der Waals surface area (Å²) < 4.78 is 0. The Morgan fingerprint density at radius 1 is 0.857 bits per heavy atom. The largest absolute Gasteiger partial charge is 0.299 e. The molecule has 1 atom stereocenters. The fourth-order valence-corrected chi connectivity index (χ4v) is 4.93. The molecule has 0 amide bonds. The zero-order valence-electron chi connectivity index (χ0n) is 14.9. The van der Waals surface area contributed by atoms with Crippen LogP contribution in [-0.2, 0) is 0 Å². The van der Waals surface area contributed by atoms with Gasteiger partial charge in [-0.1, -0.05) is 46.5 Å². The standard InChI is InChI=1S/C19H38N2/c1-4-7-13-19(14-8-5-2,21-16-9-10-17-21)18-12-11-15-20(18)6-3/h18H,4-17H2,1-3H3. The maximum atomic E-state index is 2.93. The molecule has 2 heteroatoms. The minimum Gasteiger partial charge on any atom is -0.299 e. The molecule has 2 aliphatic rings. The molecule has 2 fully saturated rings. The Morgan fingerprint density at radius 3 is 2.00 bits per heavy atom. The van der Waals surface area contributed by atoms with E-state index in [1.807, 2.05) is 0 Å². The first-order valence-corrected chi connectivity index (χ1v) is 9.77. The van der Waals surface area contributed by atoms with E-state index in [-0.39, 0.29) is 0 Å². The molecule has 0 aromatic rings. The molecule has 0 aromatic heterocycles. The Morgan fingerprint density at radius 2 is 1.48 bits per heavy atom. The number of hydrogen-bond acceptors (Lipinski definition) is 2. The molecule has 0 saturated carbocycles. The van der Waals surface area contributed by atoms with E-state index in [9.17, 15) is 0 Å². The Bertz CT molecular complexity index is 275. The quantitative estimate of drug-likeness (QED) is 0.609. The van der Waals surface area contributed by atoms with Crippen LogP contribution in [0.25, 0.3) is 0 Å². The van der Waals surface area contributed by atoms with Crippen LogP contribution in [0.3, 0.4) is 0 Å². The fraction of sp³-hybridized carbons (Fsp3) is 1.00. The molecule has 0 bridgehead atoms. The minimum atomic E-state index is 0.495. The van der Waals surface area contributed by atoms with Crippen molar-refractivity contribution in [1.82, 2.24) is 9.80 Å². The van der Waals surface area contributed by atoms with E-state index in [1.54, 1.807) is 0 Å². The van der Waals surface area contributed by atoms with Gasteiger partial charge in [-0.3, -0.25) is 9.80 Å². The number of nitrogens with zero attached hydrogens (tertiary/aromatic N) is 2. The van der Waals surface area contributed by atoms with Gasteiger partial charge in [0.05, 0.1) is 0 Å². The number of unbranched alkanes of at least 4 members (excludes halogenated alkanes) is 2. The Balaban J connectivity index is 2.23. The molecule has 21 heavy (non-hydrogen) atoms. The van der Waals surface area contributed by atoms with Crippen LogP contribution in [-0.4, -0.2) is 47.6 Å². The van der Waals surface area contributed by atoms with Gasteiger partial charge in [-0.2, -0.15) is 0 Å². The van der Waals surface area contributed by atoms with Crippen molar-refractivity contribution in [2.75, 3.05) is 26.2 Å². The van der Waals surface area contributed by atoms with Gasteiger partial charge in [0.25, 0.3) is 0 Å². The average molecular weight is 295 g/mol. The molecule has 2 rings (SSSR count). The maximum absolute atomic E-state index is 2.93. The van der Waals surface area contributed by atoms with Gasteiger partial charge >= 0.3 is 0 Å². The van der Waals surface area contributed by atoms with Crippen molar-refractivity contribution >= 4 is 0 Å². The number of hydrogen-bond donors (Lipinski definition) is 0. The zero-order chi connectivity index (χ0) is 15.1. The maximum Gasteiger partial charge on any atom is 0.0364 e. The smallest absolute Gasteiger partial charge is 0.0364 e. The molecule has 124 valence electrons. The molecule has 0 N–H and O–H groups in total. The van der Waals surface area contributed by atoms with Crippen molar-refractivity contribution in [3.05, 3.63) is 0 Å². The molecule has 2 saturated heterocycles. The summed E-state index contributed by atoms with van der Waals surface area (Å²) in [4.78, 5) is 5.74. The molecule has 0 aliphatic carbocycles. The second-order valence-corrected chi connectivity index (χ2v) is 7.29. The second kappa shape index (κ2) is 8.53. The summed E-state index contributed by atoms with van der Waals surface area (Å²) in [6.07, 6.45) is 14.1. The normalized spacial score (nSPS) is 25.0. The van der Waals surface area contributed by atoms with E-state index in [0.717, 1.165) is 6.04 Å². The Kier molecular flexibility index (Phi) is 7.01. The van der Waals surface area contributed by atoms with E-state index in [4.69, 9.17) is 0 Å². The van der Waals surface area contributed by atoms with Crippen molar-refractivity contribution < 1.29 is 0 Å². The van der Waals surface area contributed by atoms with Crippen molar-refractivity contribution in [2.45, 2.75) is 96.6 Å². The van der Waals surface area contributed by atoms with Crippen molar-refractivity contribution in [3.63, 3.8) is 0 Å². The van der Waals surface area contributed by atoms with E-state index < -0.39 is 0 Å². The molecular weight excluding hydrogens is 256 g/mol. The summed E-state index contributed by atoms with van der Waals surface area (Å²) in [5.41, 5.74) is 0.495. The minimum absolute atomic E-state index is 0.495. The van der Waals surface area contributed by atoms with Crippen LogP contribution in [0.4, 0.5) is 0 Å². The molecule has 0 spiro atoms. The number of likely N-dealkylation sites (tertiary alicyclic amines) is 2. The van der Waals surface area contributed by atoms with E-state index in [0.29, 0.717) is 5.54 Å². The number of likely N-dealkylation sites (N-methyl/N-ethyl adjacent to an activating group) is 1. The summed E-state index contributed by atoms with van der Waals surface area (Å²) in [7, 11) is 0. The molecule has 2 nitrogen and oxygen atoms in total. The van der Waals surface area contributed by atoms with Gasteiger partial charge in [-0.25, -0.2) is 0 Å². The van der Waals surface area contributed by atoms with Gasteiger partial charge in [0.2, 0.25) is 0 Å². The Labute approximate surface area is 133 Å². The van der Waals surface area contributed by atoms with Crippen LogP contribution in [0.5, 0.6) is 0 Å². The van der Waals surface area contributed by atoms with Crippen LogP contribution >= 0.6 is 0 Å². The number of rotatable bonds is 9. The lowest BCUT2D eigenvalue weighted by Gasteiger charge is -2.50. The van der Waals surface area contributed by atoms with Crippen molar-refractivity contribution in [2.24, 2.45) is 0 Å².